The third-order valence-corrected chi connectivity index (χ3v) is 4.52. The highest BCUT2D eigenvalue weighted by Gasteiger charge is 2.55. The van der Waals surface area contributed by atoms with Crippen LogP contribution in [-0.2, 0) is 23.8 Å². The van der Waals surface area contributed by atoms with Gasteiger partial charge in [-0.3, -0.25) is 19.3 Å². The molecule has 28 heavy (non-hydrogen) atoms. The zero-order chi connectivity index (χ0) is 20.4. The van der Waals surface area contributed by atoms with E-state index in [-0.39, 0.29) is 17.7 Å². The van der Waals surface area contributed by atoms with Gasteiger partial charge in [0.25, 0.3) is 11.8 Å². The summed E-state index contributed by atoms with van der Waals surface area (Å²) in [5.74, 6) is -2.05. The maximum atomic E-state index is 12.9. The first-order chi connectivity index (χ1) is 13.4. The molecule has 0 bridgehead atoms. The quantitative estimate of drug-likeness (QED) is 0.314. The summed E-state index contributed by atoms with van der Waals surface area (Å²) in [7, 11) is 0. The second-order valence-electron chi connectivity index (χ2n) is 6.31. The van der Waals surface area contributed by atoms with Gasteiger partial charge >= 0.3 is 5.97 Å². The number of imide groups is 1. The number of carbonyl (C=O) groups excluding carboxylic acids is 4. The van der Waals surface area contributed by atoms with Crippen LogP contribution in [0.5, 0.6) is 0 Å². The van der Waals surface area contributed by atoms with E-state index < -0.39 is 48.4 Å². The van der Waals surface area contributed by atoms with Gasteiger partial charge in [-0.05, 0) is 12.1 Å². The molecule has 1 aromatic carbocycles. The van der Waals surface area contributed by atoms with Crippen LogP contribution in [0.15, 0.2) is 36.9 Å². The summed E-state index contributed by atoms with van der Waals surface area (Å²) in [5.41, 5.74) is 0.340. The standard InChI is InChI=1S/C19H19NO8/c1-3-8-26-19-14(16(27-10(2)22)15(23)13(9-21)28-19)20-17(24)11-6-4-5-7-12(11)18(20)25/h3-7,9,13-16,19,23H,1,8H2,2H3/t13-,14-,15-,16-,19-/m1/s1. The monoisotopic (exact) mass is 389 g/mol. The lowest BCUT2D eigenvalue weighted by atomic mass is 9.95. The van der Waals surface area contributed by atoms with Gasteiger partial charge in [0.1, 0.15) is 18.2 Å². The molecule has 148 valence electrons. The number of aliphatic hydroxyl groups is 1. The summed E-state index contributed by atoms with van der Waals surface area (Å²) < 4.78 is 16.1. The minimum atomic E-state index is -1.60. The zero-order valence-corrected chi connectivity index (χ0v) is 15.0. The molecule has 0 spiro atoms. The van der Waals surface area contributed by atoms with Crippen LogP contribution in [0.25, 0.3) is 0 Å². The van der Waals surface area contributed by atoms with E-state index in [1.807, 2.05) is 0 Å². The third-order valence-electron chi connectivity index (χ3n) is 4.52. The fourth-order valence-electron chi connectivity index (χ4n) is 3.35. The average Bonchev–Trinajstić information content (AvgIpc) is 2.93. The summed E-state index contributed by atoms with van der Waals surface area (Å²) in [6.45, 7) is 4.60. The number of amides is 2. The van der Waals surface area contributed by atoms with E-state index in [2.05, 4.69) is 6.58 Å². The van der Waals surface area contributed by atoms with Crippen molar-refractivity contribution in [3.63, 3.8) is 0 Å². The third kappa shape index (κ3) is 3.35. The lowest BCUT2D eigenvalue weighted by Gasteiger charge is -2.44. The van der Waals surface area contributed by atoms with Gasteiger partial charge in [-0.15, -0.1) is 6.58 Å². The van der Waals surface area contributed by atoms with Gasteiger partial charge in [-0.25, -0.2) is 0 Å². The van der Waals surface area contributed by atoms with Crippen LogP contribution >= 0.6 is 0 Å². The highest BCUT2D eigenvalue weighted by molar-refractivity contribution is 6.21. The van der Waals surface area contributed by atoms with Crippen LogP contribution in [0, 0.1) is 0 Å². The van der Waals surface area contributed by atoms with Crippen molar-refractivity contribution >= 4 is 24.1 Å². The predicted octanol–water partition coefficient (Wildman–Crippen LogP) is 0.0702. The number of aldehydes is 1. The van der Waals surface area contributed by atoms with Crippen LogP contribution in [0.3, 0.4) is 0 Å². The van der Waals surface area contributed by atoms with Crippen LogP contribution in [0.2, 0.25) is 0 Å². The van der Waals surface area contributed by atoms with Gasteiger partial charge < -0.3 is 24.1 Å². The molecule has 1 fully saturated rings. The second kappa shape index (κ2) is 8.01. The van der Waals surface area contributed by atoms with E-state index >= 15 is 0 Å². The van der Waals surface area contributed by atoms with Gasteiger partial charge in [-0.2, -0.15) is 0 Å². The van der Waals surface area contributed by atoms with E-state index in [0.717, 1.165) is 11.8 Å². The molecule has 0 aliphatic carbocycles. The lowest BCUT2D eigenvalue weighted by molar-refractivity contribution is -0.265. The number of rotatable bonds is 6. The Balaban J connectivity index is 2.05. The topological polar surface area (TPSA) is 119 Å². The fourth-order valence-corrected chi connectivity index (χ4v) is 3.35. The van der Waals surface area contributed by atoms with Crippen LogP contribution in [0.1, 0.15) is 27.6 Å². The minimum absolute atomic E-state index is 0.0290. The molecule has 0 unspecified atom stereocenters. The van der Waals surface area contributed by atoms with Crippen molar-refractivity contribution in [2.45, 2.75) is 37.6 Å². The molecule has 0 radical (unpaired) electrons. The molecule has 1 aromatic rings. The summed E-state index contributed by atoms with van der Waals surface area (Å²) in [5, 5.41) is 10.5. The van der Waals surface area contributed by atoms with Crippen molar-refractivity contribution in [1.29, 1.82) is 0 Å². The number of carbonyl (C=O) groups is 4. The molecule has 1 N–H and O–H groups in total. The number of hydrogen-bond donors (Lipinski definition) is 1. The minimum Gasteiger partial charge on any atom is -0.457 e. The lowest BCUT2D eigenvalue weighted by Crippen LogP contribution is -2.66. The first-order valence-electron chi connectivity index (χ1n) is 8.56. The molecule has 9 heteroatoms. The number of hydrogen-bond acceptors (Lipinski definition) is 8. The summed E-state index contributed by atoms with van der Waals surface area (Å²) >= 11 is 0. The van der Waals surface area contributed by atoms with Crippen LogP contribution in [0.4, 0.5) is 0 Å². The maximum absolute atomic E-state index is 12.9. The van der Waals surface area contributed by atoms with E-state index in [9.17, 15) is 24.3 Å². The first kappa shape index (κ1) is 19.9. The summed E-state index contributed by atoms with van der Waals surface area (Å²) in [4.78, 5) is 49.6. The van der Waals surface area contributed by atoms with E-state index in [0.29, 0.717) is 6.29 Å². The Bertz CT molecular complexity index is 787. The average molecular weight is 389 g/mol. The highest BCUT2D eigenvalue weighted by atomic mass is 16.7. The Morgan fingerprint density at radius 1 is 1.29 bits per heavy atom. The summed E-state index contributed by atoms with van der Waals surface area (Å²) in [6.07, 6.45) is -3.96. The normalized spacial score (nSPS) is 29.4. The van der Waals surface area contributed by atoms with Crippen molar-refractivity contribution < 1.29 is 38.5 Å². The molecule has 2 aliphatic rings. The molecule has 0 saturated carbocycles. The Morgan fingerprint density at radius 3 is 2.39 bits per heavy atom. The smallest absolute Gasteiger partial charge is 0.303 e. The van der Waals surface area contributed by atoms with Gasteiger partial charge in [0, 0.05) is 6.92 Å². The van der Waals surface area contributed by atoms with Crippen molar-refractivity contribution in [3.8, 4) is 0 Å². The van der Waals surface area contributed by atoms with Crippen molar-refractivity contribution in [2.24, 2.45) is 0 Å². The van der Waals surface area contributed by atoms with Gasteiger partial charge in [0.2, 0.25) is 0 Å². The molecule has 9 nitrogen and oxygen atoms in total. The summed E-state index contributed by atoms with van der Waals surface area (Å²) in [6, 6.07) is 4.89. The molecule has 1 saturated heterocycles. The largest absolute Gasteiger partial charge is 0.457 e. The second-order valence-corrected chi connectivity index (χ2v) is 6.31. The molecule has 0 aromatic heterocycles. The number of aliphatic hydroxyl groups excluding tert-OH is 1. The Hall–Kier alpha value is -2.88. The maximum Gasteiger partial charge on any atom is 0.303 e. The molecule has 2 heterocycles. The van der Waals surface area contributed by atoms with Crippen LogP contribution < -0.4 is 0 Å². The van der Waals surface area contributed by atoms with E-state index in [1.165, 1.54) is 18.2 Å². The highest BCUT2D eigenvalue weighted by Crippen LogP contribution is 2.33. The van der Waals surface area contributed by atoms with Gasteiger partial charge in [0.15, 0.2) is 18.7 Å². The fraction of sp³-hybridized carbons (Fsp3) is 0.368. The first-order valence-corrected chi connectivity index (χ1v) is 8.56. The zero-order valence-electron chi connectivity index (χ0n) is 15.0. The van der Waals surface area contributed by atoms with Crippen molar-refractivity contribution in [2.75, 3.05) is 6.61 Å². The van der Waals surface area contributed by atoms with E-state index in [4.69, 9.17) is 14.2 Å². The predicted molar refractivity (Wildman–Crippen MR) is 93.2 cm³/mol. The van der Waals surface area contributed by atoms with E-state index in [1.54, 1.807) is 12.1 Å². The van der Waals surface area contributed by atoms with Crippen molar-refractivity contribution in [1.82, 2.24) is 4.90 Å². The number of ether oxygens (including phenoxy) is 3. The Labute approximate surface area is 160 Å². The number of fused-ring (bicyclic) bond motifs is 1. The molecule has 5 atom stereocenters. The number of benzene rings is 1. The molecular formula is C19H19NO8. The SMILES string of the molecule is C=CCO[C@@H]1O[C@H](C=O)[C@@H](O)[C@H](OC(C)=O)[C@H]1N1C(=O)c2ccccc2C1=O. The number of esters is 1. The molecular weight excluding hydrogens is 370 g/mol. The van der Waals surface area contributed by atoms with Crippen molar-refractivity contribution in [3.05, 3.63) is 48.0 Å². The molecule has 2 aliphatic heterocycles. The number of nitrogens with zero attached hydrogens (tertiary/aromatic N) is 1. The molecule has 2 amide bonds. The Morgan fingerprint density at radius 2 is 1.89 bits per heavy atom. The molecule has 3 rings (SSSR count). The van der Waals surface area contributed by atoms with Crippen LogP contribution in [-0.4, -0.2) is 71.3 Å². The van der Waals surface area contributed by atoms with Gasteiger partial charge in [0.05, 0.1) is 17.7 Å². The Kier molecular flexibility index (Phi) is 5.68. The van der Waals surface area contributed by atoms with Gasteiger partial charge in [-0.1, -0.05) is 18.2 Å².